The topological polar surface area (TPSA) is 46.5 Å². The van der Waals surface area contributed by atoms with Crippen molar-refractivity contribution in [2.75, 3.05) is 0 Å². The van der Waals surface area contributed by atoms with Crippen LogP contribution in [0.15, 0.2) is 24.3 Å². The Labute approximate surface area is 113 Å². The highest BCUT2D eigenvalue weighted by Crippen LogP contribution is 2.36. The zero-order valence-corrected chi connectivity index (χ0v) is 13.0. The van der Waals surface area contributed by atoms with E-state index in [2.05, 4.69) is 20.8 Å². The van der Waals surface area contributed by atoms with Gasteiger partial charge in [-0.25, -0.2) is 4.21 Å². The first-order valence-corrected chi connectivity index (χ1v) is 8.57. The SMILES string of the molecule is CC(C)S(=O)(O)(Cl)Oc1ccc(C(C)(C)C)cc1. The van der Waals surface area contributed by atoms with E-state index in [0.717, 1.165) is 5.56 Å². The van der Waals surface area contributed by atoms with Gasteiger partial charge in [0.2, 0.25) is 0 Å². The van der Waals surface area contributed by atoms with Crippen molar-refractivity contribution in [3.05, 3.63) is 29.8 Å². The number of halogens is 1. The first-order valence-electron chi connectivity index (χ1n) is 5.84. The average molecular weight is 293 g/mol. The molecule has 0 aliphatic heterocycles. The summed E-state index contributed by atoms with van der Waals surface area (Å²) in [5.74, 6) is 0.297. The molecule has 1 aromatic carbocycles. The van der Waals surface area contributed by atoms with Crippen LogP contribution >= 0.6 is 10.7 Å². The minimum Gasteiger partial charge on any atom is -0.393 e. The standard InChI is InChI=1S/C13H21ClO3S/c1-10(2)18(14,15,16)17-12-8-6-11(7-9-12)13(3,4)5/h6-10H,1-5H3,(H,15,16). The van der Waals surface area contributed by atoms with Gasteiger partial charge >= 0.3 is 0 Å². The lowest BCUT2D eigenvalue weighted by atomic mass is 9.87. The molecule has 5 heteroatoms. The highest BCUT2D eigenvalue weighted by Gasteiger charge is 2.37. The highest BCUT2D eigenvalue weighted by molar-refractivity contribution is 8.31. The van der Waals surface area contributed by atoms with Crippen LogP contribution in [0.5, 0.6) is 5.75 Å². The molecule has 0 bridgehead atoms. The summed E-state index contributed by atoms with van der Waals surface area (Å²) in [5, 5.41) is -0.689. The van der Waals surface area contributed by atoms with Crippen molar-refractivity contribution in [2.24, 2.45) is 0 Å². The smallest absolute Gasteiger partial charge is 0.199 e. The van der Waals surface area contributed by atoms with E-state index in [1.54, 1.807) is 26.0 Å². The van der Waals surface area contributed by atoms with Crippen molar-refractivity contribution >= 4 is 19.5 Å². The Bertz CT molecular complexity index is 480. The van der Waals surface area contributed by atoms with Crippen LogP contribution in [0.25, 0.3) is 0 Å². The lowest BCUT2D eigenvalue weighted by Crippen LogP contribution is -2.40. The molecule has 3 nitrogen and oxygen atoms in total. The quantitative estimate of drug-likeness (QED) is 0.852. The van der Waals surface area contributed by atoms with Crippen molar-refractivity contribution < 1.29 is 12.9 Å². The molecule has 0 radical (unpaired) electrons. The van der Waals surface area contributed by atoms with Gasteiger partial charge in [-0.15, -0.1) is 0 Å². The van der Waals surface area contributed by atoms with E-state index >= 15 is 0 Å². The van der Waals surface area contributed by atoms with E-state index < -0.39 is 14.1 Å². The molecule has 0 aromatic heterocycles. The Hall–Kier alpha value is -0.580. The van der Waals surface area contributed by atoms with E-state index in [4.69, 9.17) is 14.9 Å². The summed E-state index contributed by atoms with van der Waals surface area (Å²) in [4.78, 5) is 0. The molecule has 0 saturated heterocycles. The van der Waals surface area contributed by atoms with E-state index in [1.807, 2.05) is 12.1 Å². The molecule has 0 atom stereocenters. The third-order valence-corrected chi connectivity index (χ3v) is 6.04. The van der Waals surface area contributed by atoms with Gasteiger partial charge in [-0.3, -0.25) is 4.55 Å². The van der Waals surface area contributed by atoms with Crippen molar-refractivity contribution in [3.63, 3.8) is 0 Å². The van der Waals surface area contributed by atoms with Crippen LogP contribution in [0, 0.1) is 0 Å². The van der Waals surface area contributed by atoms with Crippen molar-refractivity contribution in [1.82, 2.24) is 0 Å². The van der Waals surface area contributed by atoms with Crippen molar-refractivity contribution in [1.29, 1.82) is 0 Å². The van der Waals surface area contributed by atoms with Gasteiger partial charge in [0.05, 0.1) is 5.25 Å². The molecule has 0 amide bonds. The maximum absolute atomic E-state index is 12.0. The van der Waals surface area contributed by atoms with E-state index in [1.165, 1.54) is 0 Å². The van der Waals surface area contributed by atoms with Gasteiger partial charge < -0.3 is 4.18 Å². The van der Waals surface area contributed by atoms with Gasteiger partial charge in [0.25, 0.3) is 0 Å². The van der Waals surface area contributed by atoms with Crippen LogP contribution in [-0.4, -0.2) is 14.0 Å². The number of benzene rings is 1. The Morgan fingerprint density at radius 2 is 1.67 bits per heavy atom. The average Bonchev–Trinajstić information content (AvgIpc) is 2.15. The predicted molar refractivity (Wildman–Crippen MR) is 77.5 cm³/mol. The third-order valence-electron chi connectivity index (χ3n) is 2.74. The van der Waals surface area contributed by atoms with Gasteiger partial charge in [0, 0.05) is 10.7 Å². The molecule has 0 heterocycles. The minimum atomic E-state index is -4.58. The van der Waals surface area contributed by atoms with E-state index in [0.29, 0.717) is 5.75 Å². The molecule has 1 rings (SSSR count). The molecule has 18 heavy (non-hydrogen) atoms. The van der Waals surface area contributed by atoms with E-state index in [-0.39, 0.29) is 5.41 Å². The largest absolute Gasteiger partial charge is 0.393 e. The van der Waals surface area contributed by atoms with Crippen LogP contribution < -0.4 is 4.18 Å². The van der Waals surface area contributed by atoms with Crippen LogP contribution in [-0.2, 0) is 14.3 Å². The molecule has 0 aliphatic rings. The summed E-state index contributed by atoms with van der Waals surface area (Å²) in [5.41, 5.74) is 1.15. The third kappa shape index (κ3) is 3.70. The number of hydrogen-bond acceptors (Lipinski definition) is 2. The van der Waals surface area contributed by atoms with Crippen LogP contribution in [0.4, 0.5) is 0 Å². The molecule has 0 unspecified atom stereocenters. The number of rotatable bonds is 3. The predicted octanol–water partition coefficient (Wildman–Crippen LogP) is 4.13. The summed E-state index contributed by atoms with van der Waals surface area (Å²) in [6, 6.07) is 7.06. The van der Waals surface area contributed by atoms with Crippen molar-refractivity contribution in [3.8, 4) is 5.75 Å². The Kier molecular flexibility index (Phi) is 3.88. The normalized spacial score (nSPS) is 15.2. The summed E-state index contributed by atoms with van der Waals surface area (Å²) in [6.07, 6.45) is 0. The van der Waals surface area contributed by atoms with Gasteiger partial charge in [-0.05, 0) is 37.0 Å². The zero-order chi connectivity index (χ0) is 14.2. The molecule has 0 aliphatic carbocycles. The first-order chi connectivity index (χ1) is 7.90. The second-order valence-corrected chi connectivity index (χ2v) is 10.1. The van der Waals surface area contributed by atoms with Crippen molar-refractivity contribution in [2.45, 2.75) is 45.3 Å². The summed E-state index contributed by atoms with van der Waals surface area (Å²) >= 11 is 0. The van der Waals surface area contributed by atoms with Gasteiger partial charge in [0.15, 0.2) is 8.84 Å². The van der Waals surface area contributed by atoms with Crippen LogP contribution in [0.1, 0.15) is 40.2 Å². The molecule has 0 saturated carbocycles. The lowest BCUT2D eigenvalue weighted by molar-refractivity contribution is 0.409. The van der Waals surface area contributed by atoms with Crippen LogP contribution in [0.2, 0.25) is 0 Å². The zero-order valence-electron chi connectivity index (χ0n) is 11.4. The van der Waals surface area contributed by atoms with Gasteiger partial charge in [-0.1, -0.05) is 32.9 Å². The molecule has 1 aromatic rings. The number of hydrogen-bond donors (Lipinski definition) is 1. The Morgan fingerprint density at radius 3 is 2.00 bits per heavy atom. The first kappa shape index (κ1) is 15.5. The molecular formula is C13H21ClO3S. The maximum atomic E-state index is 12.0. The monoisotopic (exact) mass is 292 g/mol. The minimum absolute atomic E-state index is 0.0257. The summed E-state index contributed by atoms with van der Waals surface area (Å²) < 4.78 is 27.0. The fourth-order valence-electron chi connectivity index (χ4n) is 1.28. The molecular weight excluding hydrogens is 272 g/mol. The molecule has 104 valence electrons. The van der Waals surface area contributed by atoms with Gasteiger partial charge in [-0.2, -0.15) is 0 Å². The summed E-state index contributed by atoms with van der Waals surface area (Å²) in [7, 11) is 1.10. The Morgan fingerprint density at radius 1 is 1.22 bits per heavy atom. The fourth-order valence-corrected chi connectivity index (χ4v) is 2.15. The Balaban J connectivity index is 2.99. The second-order valence-electron chi connectivity index (χ2n) is 5.71. The van der Waals surface area contributed by atoms with Gasteiger partial charge in [0.1, 0.15) is 5.75 Å². The van der Waals surface area contributed by atoms with Crippen LogP contribution in [0.3, 0.4) is 0 Å². The lowest BCUT2D eigenvalue weighted by Gasteiger charge is -2.33. The molecule has 0 fully saturated rings. The maximum Gasteiger partial charge on any atom is 0.199 e. The molecule has 1 N–H and O–H groups in total. The summed E-state index contributed by atoms with van der Waals surface area (Å²) in [6.45, 7) is 9.38. The molecule has 0 spiro atoms. The second kappa shape index (κ2) is 4.51. The highest BCUT2D eigenvalue weighted by atomic mass is 35.7. The fraction of sp³-hybridized carbons (Fsp3) is 0.538. The van der Waals surface area contributed by atoms with E-state index in [9.17, 15) is 8.76 Å².